The Kier molecular flexibility index (Phi) is 3.90. The molecule has 3 rings (SSSR count). The van der Waals surface area contributed by atoms with Crippen LogP contribution in [0.1, 0.15) is 44.1 Å². The second-order valence-electron chi connectivity index (χ2n) is 6.13. The minimum atomic E-state index is -0.113. The highest BCUT2D eigenvalue weighted by Gasteiger charge is 2.44. The highest BCUT2D eigenvalue weighted by atomic mass is 16.5. The van der Waals surface area contributed by atoms with Crippen LogP contribution in [0.5, 0.6) is 0 Å². The lowest BCUT2D eigenvalue weighted by Crippen LogP contribution is -2.34. The van der Waals surface area contributed by atoms with Gasteiger partial charge in [-0.15, -0.1) is 0 Å². The van der Waals surface area contributed by atoms with Gasteiger partial charge in [0.1, 0.15) is 0 Å². The summed E-state index contributed by atoms with van der Waals surface area (Å²) in [5.41, 5.74) is 1.40. The molecule has 1 aromatic carbocycles. The zero-order valence-corrected chi connectivity index (χ0v) is 11.7. The van der Waals surface area contributed by atoms with E-state index in [1.54, 1.807) is 0 Å². The third kappa shape index (κ3) is 3.01. The first-order valence-electron chi connectivity index (χ1n) is 7.62. The van der Waals surface area contributed by atoms with Gasteiger partial charge in [0, 0.05) is 6.61 Å². The number of benzene rings is 1. The number of hydrogen-bond donors (Lipinski definition) is 1. The fourth-order valence-electron chi connectivity index (χ4n) is 3.48. The van der Waals surface area contributed by atoms with E-state index in [0.717, 1.165) is 32.3 Å². The maximum Gasteiger partial charge on any atom is 0.0580 e. The van der Waals surface area contributed by atoms with E-state index in [0.29, 0.717) is 23.9 Å². The van der Waals surface area contributed by atoms with Gasteiger partial charge < -0.3 is 9.84 Å². The molecule has 19 heavy (non-hydrogen) atoms. The Labute approximate surface area is 115 Å². The van der Waals surface area contributed by atoms with E-state index in [2.05, 4.69) is 37.3 Å². The summed E-state index contributed by atoms with van der Waals surface area (Å²) in [4.78, 5) is 0. The SMILES string of the molecule is CCOC1CC(CC(O)C2CC2c2ccccc2)C1. The van der Waals surface area contributed by atoms with Crippen LogP contribution in [0.2, 0.25) is 0 Å². The summed E-state index contributed by atoms with van der Waals surface area (Å²) >= 11 is 0. The maximum atomic E-state index is 10.3. The lowest BCUT2D eigenvalue weighted by atomic mass is 9.78. The number of aliphatic hydroxyl groups excluding tert-OH is 1. The average molecular weight is 260 g/mol. The van der Waals surface area contributed by atoms with E-state index in [9.17, 15) is 5.11 Å². The van der Waals surface area contributed by atoms with E-state index in [4.69, 9.17) is 4.74 Å². The predicted octanol–water partition coefficient (Wildman–Crippen LogP) is 3.36. The summed E-state index contributed by atoms with van der Waals surface area (Å²) in [7, 11) is 0. The summed E-state index contributed by atoms with van der Waals surface area (Å²) in [6, 6.07) is 10.6. The van der Waals surface area contributed by atoms with Gasteiger partial charge in [0.15, 0.2) is 0 Å². The molecule has 3 unspecified atom stereocenters. The number of aliphatic hydroxyl groups is 1. The molecule has 2 saturated carbocycles. The summed E-state index contributed by atoms with van der Waals surface area (Å²) in [5.74, 6) is 1.77. The lowest BCUT2D eigenvalue weighted by Gasteiger charge is -2.36. The van der Waals surface area contributed by atoms with Crippen LogP contribution in [0, 0.1) is 11.8 Å². The van der Waals surface area contributed by atoms with Crippen molar-refractivity contribution in [1.82, 2.24) is 0 Å². The van der Waals surface area contributed by atoms with Gasteiger partial charge in [0.05, 0.1) is 12.2 Å². The Hall–Kier alpha value is -0.860. The first-order chi connectivity index (χ1) is 9.28. The molecule has 0 radical (unpaired) electrons. The lowest BCUT2D eigenvalue weighted by molar-refractivity contribution is -0.0397. The molecule has 2 fully saturated rings. The normalized spacial score (nSPS) is 34.6. The molecule has 0 heterocycles. The van der Waals surface area contributed by atoms with Gasteiger partial charge in [0.25, 0.3) is 0 Å². The minimum Gasteiger partial charge on any atom is -0.393 e. The van der Waals surface area contributed by atoms with Crippen LogP contribution in [0.4, 0.5) is 0 Å². The molecule has 0 bridgehead atoms. The second-order valence-corrected chi connectivity index (χ2v) is 6.13. The van der Waals surface area contributed by atoms with E-state index in [1.165, 1.54) is 5.56 Å². The Balaban J connectivity index is 1.42. The summed E-state index contributed by atoms with van der Waals surface area (Å²) < 4.78 is 5.57. The fourth-order valence-corrected chi connectivity index (χ4v) is 3.48. The van der Waals surface area contributed by atoms with Gasteiger partial charge in [-0.05, 0) is 55.9 Å². The molecular weight excluding hydrogens is 236 g/mol. The van der Waals surface area contributed by atoms with Gasteiger partial charge in [-0.3, -0.25) is 0 Å². The van der Waals surface area contributed by atoms with Crippen molar-refractivity contribution in [2.45, 2.75) is 50.7 Å². The Bertz CT molecular complexity index is 397. The van der Waals surface area contributed by atoms with Crippen molar-refractivity contribution >= 4 is 0 Å². The molecule has 3 atom stereocenters. The van der Waals surface area contributed by atoms with E-state index < -0.39 is 0 Å². The van der Waals surface area contributed by atoms with Crippen LogP contribution in [0.15, 0.2) is 30.3 Å². The van der Waals surface area contributed by atoms with Gasteiger partial charge >= 0.3 is 0 Å². The Morgan fingerprint density at radius 1 is 1.21 bits per heavy atom. The standard InChI is InChI=1S/C17H24O2/c1-2-19-14-8-12(9-14)10-17(18)16-11-15(16)13-6-4-3-5-7-13/h3-7,12,14-18H,2,8-11H2,1H3. The summed E-state index contributed by atoms with van der Waals surface area (Å²) in [6.07, 6.45) is 4.77. The molecule has 2 aliphatic rings. The molecule has 2 aliphatic carbocycles. The monoisotopic (exact) mass is 260 g/mol. The third-order valence-corrected chi connectivity index (χ3v) is 4.73. The van der Waals surface area contributed by atoms with Gasteiger partial charge in [0.2, 0.25) is 0 Å². The van der Waals surface area contributed by atoms with Crippen LogP contribution in [-0.4, -0.2) is 23.9 Å². The quantitative estimate of drug-likeness (QED) is 0.850. The molecular formula is C17H24O2. The molecule has 0 aliphatic heterocycles. The molecule has 0 saturated heterocycles. The van der Waals surface area contributed by atoms with Crippen molar-refractivity contribution in [3.05, 3.63) is 35.9 Å². The Morgan fingerprint density at radius 3 is 2.63 bits per heavy atom. The van der Waals surface area contributed by atoms with Crippen molar-refractivity contribution < 1.29 is 9.84 Å². The predicted molar refractivity (Wildman–Crippen MR) is 76.1 cm³/mol. The van der Waals surface area contributed by atoms with Gasteiger partial charge in [-0.1, -0.05) is 30.3 Å². The van der Waals surface area contributed by atoms with Gasteiger partial charge in [-0.25, -0.2) is 0 Å². The molecule has 0 aromatic heterocycles. The average Bonchev–Trinajstić information content (AvgIpc) is 3.17. The van der Waals surface area contributed by atoms with Crippen molar-refractivity contribution in [2.75, 3.05) is 6.61 Å². The highest BCUT2D eigenvalue weighted by Crippen LogP contribution is 2.51. The van der Waals surface area contributed by atoms with Crippen molar-refractivity contribution in [3.63, 3.8) is 0 Å². The largest absolute Gasteiger partial charge is 0.393 e. The molecule has 0 amide bonds. The first-order valence-corrected chi connectivity index (χ1v) is 7.62. The van der Waals surface area contributed by atoms with Crippen LogP contribution in [0.25, 0.3) is 0 Å². The zero-order valence-electron chi connectivity index (χ0n) is 11.7. The highest BCUT2D eigenvalue weighted by molar-refractivity contribution is 5.26. The van der Waals surface area contributed by atoms with Crippen LogP contribution < -0.4 is 0 Å². The number of hydrogen-bond acceptors (Lipinski definition) is 2. The summed E-state index contributed by atoms with van der Waals surface area (Å²) in [5, 5.41) is 10.3. The molecule has 1 aromatic rings. The minimum absolute atomic E-state index is 0.113. The third-order valence-electron chi connectivity index (χ3n) is 4.73. The van der Waals surface area contributed by atoms with Crippen LogP contribution in [-0.2, 0) is 4.74 Å². The van der Waals surface area contributed by atoms with E-state index >= 15 is 0 Å². The molecule has 104 valence electrons. The molecule has 2 heteroatoms. The van der Waals surface area contributed by atoms with E-state index in [-0.39, 0.29) is 6.10 Å². The van der Waals surface area contributed by atoms with E-state index in [1.807, 2.05) is 0 Å². The van der Waals surface area contributed by atoms with Crippen molar-refractivity contribution in [1.29, 1.82) is 0 Å². The molecule has 2 nitrogen and oxygen atoms in total. The Morgan fingerprint density at radius 2 is 1.95 bits per heavy atom. The number of rotatable bonds is 6. The van der Waals surface area contributed by atoms with Crippen molar-refractivity contribution in [3.8, 4) is 0 Å². The zero-order chi connectivity index (χ0) is 13.2. The smallest absolute Gasteiger partial charge is 0.0580 e. The maximum absolute atomic E-state index is 10.3. The van der Waals surface area contributed by atoms with Crippen molar-refractivity contribution in [2.24, 2.45) is 11.8 Å². The number of ether oxygens (including phenoxy) is 1. The topological polar surface area (TPSA) is 29.5 Å². The van der Waals surface area contributed by atoms with Crippen LogP contribution in [0.3, 0.4) is 0 Å². The fraction of sp³-hybridized carbons (Fsp3) is 0.647. The van der Waals surface area contributed by atoms with Gasteiger partial charge in [-0.2, -0.15) is 0 Å². The summed E-state index contributed by atoms with van der Waals surface area (Å²) in [6.45, 7) is 2.87. The first kappa shape index (κ1) is 13.1. The van der Waals surface area contributed by atoms with Crippen LogP contribution >= 0.6 is 0 Å². The molecule has 0 spiro atoms. The molecule has 1 N–H and O–H groups in total. The second kappa shape index (κ2) is 5.64.